The third-order valence-electron chi connectivity index (χ3n) is 2.68. The Kier molecular flexibility index (Phi) is 4.93. The monoisotopic (exact) mass is 227 g/mol. The van der Waals surface area contributed by atoms with Gasteiger partial charge in [0, 0.05) is 17.8 Å². The summed E-state index contributed by atoms with van der Waals surface area (Å²) in [4.78, 5) is 0. The van der Waals surface area contributed by atoms with Crippen LogP contribution in [-0.2, 0) is 13.1 Å². The Bertz CT molecular complexity index is 331. The summed E-state index contributed by atoms with van der Waals surface area (Å²) in [5.74, 6) is 0.640. The number of hydrogen-bond acceptors (Lipinski definition) is 2. The number of aryl methyl sites for hydroxylation is 2. The van der Waals surface area contributed by atoms with Gasteiger partial charge in [-0.25, -0.2) is 4.39 Å². The van der Waals surface area contributed by atoms with Crippen LogP contribution < -0.4 is 5.32 Å². The molecule has 1 aromatic heterocycles. The Morgan fingerprint density at radius 1 is 1.38 bits per heavy atom. The molecule has 92 valence electrons. The number of nitrogens with one attached hydrogen (secondary N) is 1. The summed E-state index contributed by atoms with van der Waals surface area (Å²) in [6.07, 6.45) is 0. The topological polar surface area (TPSA) is 29.9 Å². The highest BCUT2D eigenvalue weighted by molar-refractivity contribution is 5.24. The molecule has 0 bridgehead atoms. The summed E-state index contributed by atoms with van der Waals surface area (Å²) >= 11 is 0. The molecule has 0 aromatic carbocycles. The maximum atomic E-state index is 12.3. The predicted octanol–water partition coefficient (Wildman–Crippen LogP) is 2.22. The highest BCUT2D eigenvalue weighted by Crippen LogP contribution is 2.12. The molecule has 1 rings (SSSR count). The first-order chi connectivity index (χ1) is 7.56. The number of hydrogen-bond donors (Lipinski definition) is 1. The first-order valence-electron chi connectivity index (χ1n) is 5.85. The van der Waals surface area contributed by atoms with Crippen LogP contribution in [0.3, 0.4) is 0 Å². The van der Waals surface area contributed by atoms with Crippen molar-refractivity contribution in [3.63, 3.8) is 0 Å². The molecule has 4 heteroatoms. The van der Waals surface area contributed by atoms with E-state index in [2.05, 4.69) is 24.3 Å². The molecule has 0 saturated carbocycles. The minimum Gasteiger partial charge on any atom is -0.312 e. The molecule has 0 spiro atoms. The first-order valence-corrected chi connectivity index (χ1v) is 5.85. The van der Waals surface area contributed by atoms with Gasteiger partial charge in [0.15, 0.2) is 0 Å². The summed E-state index contributed by atoms with van der Waals surface area (Å²) in [7, 11) is 0. The lowest BCUT2D eigenvalue weighted by Crippen LogP contribution is -2.19. The minimum absolute atomic E-state index is 0.358. The summed E-state index contributed by atoms with van der Waals surface area (Å²) in [5.41, 5.74) is 3.28. The van der Waals surface area contributed by atoms with E-state index < -0.39 is 0 Å². The second kappa shape index (κ2) is 5.99. The number of nitrogens with zero attached hydrogens (tertiary/aromatic N) is 2. The normalized spacial score (nSPS) is 11.4. The maximum absolute atomic E-state index is 12.3. The molecule has 0 atom stereocenters. The van der Waals surface area contributed by atoms with Gasteiger partial charge in [0.25, 0.3) is 0 Å². The van der Waals surface area contributed by atoms with Crippen molar-refractivity contribution in [3.05, 3.63) is 17.0 Å². The van der Waals surface area contributed by atoms with Crippen molar-refractivity contribution in [2.24, 2.45) is 5.92 Å². The Morgan fingerprint density at radius 3 is 2.62 bits per heavy atom. The molecule has 0 aliphatic carbocycles. The van der Waals surface area contributed by atoms with Crippen LogP contribution in [0.25, 0.3) is 0 Å². The highest BCUT2D eigenvalue weighted by Gasteiger charge is 2.10. The van der Waals surface area contributed by atoms with Gasteiger partial charge in [0.1, 0.15) is 6.67 Å². The van der Waals surface area contributed by atoms with Gasteiger partial charge in [-0.15, -0.1) is 0 Å². The van der Waals surface area contributed by atoms with E-state index in [0.29, 0.717) is 12.5 Å². The second-order valence-electron chi connectivity index (χ2n) is 4.59. The van der Waals surface area contributed by atoms with E-state index >= 15 is 0 Å². The summed E-state index contributed by atoms with van der Waals surface area (Å²) in [5, 5.41) is 7.73. The van der Waals surface area contributed by atoms with Crippen LogP contribution in [-0.4, -0.2) is 23.0 Å². The zero-order chi connectivity index (χ0) is 12.1. The van der Waals surface area contributed by atoms with Crippen LogP contribution >= 0.6 is 0 Å². The van der Waals surface area contributed by atoms with Crippen LogP contribution in [0, 0.1) is 19.8 Å². The molecule has 0 amide bonds. The number of aromatic nitrogens is 2. The van der Waals surface area contributed by atoms with E-state index in [1.165, 1.54) is 5.56 Å². The molecular weight excluding hydrogens is 205 g/mol. The average Bonchev–Trinajstić information content (AvgIpc) is 2.45. The van der Waals surface area contributed by atoms with Gasteiger partial charge >= 0.3 is 0 Å². The SMILES string of the molecule is Cc1nn(CCF)c(C)c1CNCC(C)C. The van der Waals surface area contributed by atoms with E-state index in [4.69, 9.17) is 0 Å². The summed E-state index contributed by atoms with van der Waals surface area (Å²) in [6.45, 7) is 10.2. The molecule has 1 N–H and O–H groups in total. The Balaban J connectivity index is 2.64. The van der Waals surface area contributed by atoms with Crippen molar-refractivity contribution in [1.82, 2.24) is 15.1 Å². The molecule has 1 aromatic rings. The van der Waals surface area contributed by atoms with Gasteiger partial charge in [0.2, 0.25) is 0 Å². The fourth-order valence-electron chi connectivity index (χ4n) is 1.77. The van der Waals surface area contributed by atoms with Gasteiger partial charge in [-0.3, -0.25) is 4.68 Å². The third-order valence-corrected chi connectivity index (χ3v) is 2.68. The van der Waals surface area contributed by atoms with Gasteiger partial charge in [-0.2, -0.15) is 5.10 Å². The Hall–Kier alpha value is -0.900. The first kappa shape index (κ1) is 13.2. The van der Waals surface area contributed by atoms with E-state index in [0.717, 1.165) is 24.5 Å². The van der Waals surface area contributed by atoms with Crippen LogP contribution in [0.4, 0.5) is 4.39 Å². The Morgan fingerprint density at radius 2 is 2.06 bits per heavy atom. The van der Waals surface area contributed by atoms with E-state index in [-0.39, 0.29) is 6.67 Å². The molecule has 3 nitrogen and oxygen atoms in total. The van der Waals surface area contributed by atoms with Gasteiger partial charge in [-0.05, 0) is 26.3 Å². The van der Waals surface area contributed by atoms with Crippen molar-refractivity contribution in [3.8, 4) is 0 Å². The molecule has 0 fully saturated rings. The molecular formula is C12H22FN3. The zero-order valence-electron chi connectivity index (χ0n) is 10.7. The minimum atomic E-state index is -0.360. The van der Waals surface area contributed by atoms with Crippen LogP contribution in [0.5, 0.6) is 0 Å². The summed E-state index contributed by atoms with van der Waals surface area (Å²) < 4.78 is 14.0. The van der Waals surface area contributed by atoms with Crippen LogP contribution in [0.2, 0.25) is 0 Å². The van der Waals surface area contributed by atoms with Crippen molar-refractivity contribution in [2.45, 2.75) is 40.8 Å². The van der Waals surface area contributed by atoms with Crippen molar-refractivity contribution in [2.75, 3.05) is 13.2 Å². The summed E-state index contributed by atoms with van der Waals surface area (Å²) in [6, 6.07) is 0. The average molecular weight is 227 g/mol. The van der Waals surface area contributed by atoms with E-state index in [1.54, 1.807) is 4.68 Å². The molecule has 0 radical (unpaired) electrons. The lowest BCUT2D eigenvalue weighted by Gasteiger charge is -2.08. The predicted molar refractivity (Wildman–Crippen MR) is 64.2 cm³/mol. The molecule has 0 aliphatic rings. The molecule has 0 saturated heterocycles. The maximum Gasteiger partial charge on any atom is 0.109 e. The molecule has 16 heavy (non-hydrogen) atoms. The second-order valence-corrected chi connectivity index (χ2v) is 4.59. The highest BCUT2D eigenvalue weighted by atomic mass is 19.1. The van der Waals surface area contributed by atoms with Crippen molar-refractivity contribution in [1.29, 1.82) is 0 Å². The molecule has 0 aliphatic heterocycles. The van der Waals surface area contributed by atoms with Gasteiger partial charge in [-0.1, -0.05) is 13.8 Å². The molecule has 0 unspecified atom stereocenters. The van der Waals surface area contributed by atoms with E-state index in [1.807, 2.05) is 13.8 Å². The van der Waals surface area contributed by atoms with Crippen molar-refractivity contribution < 1.29 is 4.39 Å². The van der Waals surface area contributed by atoms with Crippen molar-refractivity contribution >= 4 is 0 Å². The van der Waals surface area contributed by atoms with Crippen LogP contribution in [0.15, 0.2) is 0 Å². The number of alkyl halides is 1. The Labute approximate surface area is 97.0 Å². The fraction of sp³-hybridized carbons (Fsp3) is 0.750. The fourth-order valence-corrected chi connectivity index (χ4v) is 1.77. The third kappa shape index (κ3) is 3.30. The lowest BCUT2D eigenvalue weighted by atomic mass is 10.2. The quantitative estimate of drug-likeness (QED) is 0.807. The van der Waals surface area contributed by atoms with Crippen LogP contribution in [0.1, 0.15) is 30.8 Å². The van der Waals surface area contributed by atoms with Gasteiger partial charge < -0.3 is 5.32 Å². The lowest BCUT2D eigenvalue weighted by molar-refractivity contribution is 0.422. The number of rotatable bonds is 6. The molecule has 1 heterocycles. The smallest absolute Gasteiger partial charge is 0.109 e. The van der Waals surface area contributed by atoms with E-state index in [9.17, 15) is 4.39 Å². The number of halogens is 1. The zero-order valence-corrected chi connectivity index (χ0v) is 10.7. The largest absolute Gasteiger partial charge is 0.312 e. The standard InChI is InChI=1S/C12H22FN3/c1-9(2)7-14-8-12-10(3)15-16(6-5-13)11(12)4/h9,14H,5-8H2,1-4H3. The van der Waals surface area contributed by atoms with Gasteiger partial charge in [0.05, 0.1) is 12.2 Å².